The summed E-state index contributed by atoms with van der Waals surface area (Å²) in [7, 11) is 1.61. The molecule has 0 atom stereocenters. The molecule has 1 aromatic heterocycles. The predicted molar refractivity (Wildman–Crippen MR) is 131 cm³/mol. The first-order chi connectivity index (χ1) is 15.1. The van der Waals surface area contributed by atoms with Crippen LogP contribution in [0.5, 0.6) is 11.5 Å². The van der Waals surface area contributed by atoms with Crippen molar-refractivity contribution in [2.24, 2.45) is 0 Å². The highest BCUT2D eigenvalue weighted by Crippen LogP contribution is 2.29. The maximum absolute atomic E-state index is 12.3. The number of carbonyl (C=O) groups excluding carboxylic acids is 1. The lowest BCUT2D eigenvalue weighted by molar-refractivity contribution is -0.111. The number of nitrogens with zero attached hydrogens (tertiary/aromatic N) is 1. The van der Waals surface area contributed by atoms with Gasteiger partial charge in [0.15, 0.2) is 16.6 Å². The molecular weight excluding hydrogens is 476 g/mol. The van der Waals surface area contributed by atoms with Gasteiger partial charge in [0.05, 0.1) is 19.4 Å². The number of unbranched alkanes of at least 4 members (excludes halogenated alkanes) is 2. The second-order valence-corrected chi connectivity index (χ2v) is 8.61. The van der Waals surface area contributed by atoms with Crippen molar-refractivity contribution in [1.82, 2.24) is 4.98 Å². The van der Waals surface area contributed by atoms with Crippen LogP contribution in [0.25, 0.3) is 17.3 Å². The van der Waals surface area contributed by atoms with Gasteiger partial charge < -0.3 is 9.47 Å². The van der Waals surface area contributed by atoms with Crippen molar-refractivity contribution < 1.29 is 14.3 Å². The number of hydrogen-bond acceptors (Lipinski definition) is 5. The molecule has 1 amide bonds. The Balaban J connectivity index is 1.59. The van der Waals surface area contributed by atoms with E-state index >= 15 is 0 Å². The highest BCUT2D eigenvalue weighted by Gasteiger charge is 2.08. The molecule has 2 aromatic carbocycles. The number of hydrogen-bond donors (Lipinski definition) is 1. The molecule has 162 valence electrons. The first-order valence-corrected chi connectivity index (χ1v) is 11.8. The molecule has 0 aliphatic carbocycles. The van der Waals surface area contributed by atoms with Crippen LogP contribution in [-0.4, -0.2) is 24.6 Å². The average Bonchev–Trinajstić information content (AvgIpc) is 3.24. The third kappa shape index (κ3) is 6.94. The van der Waals surface area contributed by atoms with Crippen molar-refractivity contribution in [1.29, 1.82) is 0 Å². The molecule has 0 aliphatic heterocycles. The number of anilines is 1. The second-order valence-electron chi connectivity index (χ2n) is 6.83. The quantitative estimate of drug-likeness (QED) is 0.245. The van der Waals surface area contributed by atoms with Crippen LogP contribution in [0.15, 0.2) is 58.4 Å². The first-order valence-electron chi connectivity index (χ1n) is 10.1. The Morgan fingerprint density at radius 3 is 2.71 bits per heavy atom. The van der Waals surface area contributed by atoms with Gasteiger partial charge >= 0.3 is 0 Å². The SMILES string of the molecule is CCCCCOc1ccc(C=CC(=O)Nc2nc(-c3ccc(Br)cc3)cs2)cc1OC. The molecule has 0 bridgehead atoms. The summed E-state index contributed by atoms with van der Waals surface area (Å²) in [5.41, 5.74) is 2.68. The minimum absolute atomic E-state index is 0.240. The Morgan fingerprint density at radius 2 is 1.97 bits per heavy atom. The van der Waals surface area contributed by atoms with E-state index in [0.29, 0.717) is 23.2 Å². The van der Waals surface area contributed by atoms with Gasteiger partial charge in [0.2, 0.25) is 5.91 Å². The Bertz CT molecular complexity index is 1030. The third-order valence-electron chi connectivity index (χ3n) is 4.49. The summed E-state index contributed by atoms with van der Waals surface area (Å²) in [6.45, 7) is 2.83. The molecule has 7 heteroatoms. The van der Waals surface area contributed by atoms with E-state index < -0.39 is 0 Å². The zero-order valence-corrected chi connectivity index (χ0v) is 20.0. The van der Waals surface area contributed by atoms with Crippen LogP contribution in [0.4, 0.5) is 5.13 Å². The topological polar surface area (TPSA) is 60.5 Å². The third-order valence-corrected chi connectivity index (χ3v) is 5.78. The molecule has 0 aliphatic rings. The van der Waals surface area contributed by atoms with E-state index in [1.165, 1.54) is 17.4 Å². The van der Waals surface area contributed by atoms with Gasteiger partial charge in [0, 0.05) is 21.5 Å². The number of nitrogens with one attached hydrogen (secondary N) is 1. The van der Waals surface area contributed by atoms with Crippen molar-refractivity contribution in [3.05, 3.63) is 64.0 Å². The normalized spacial score (nSPS) is 10.9. The van der Waals surface area contributed by atoms with Crippen LogP contribution in [0, 0.1) is 0 Å². The number of aromatic nitrogens is 1. The lowest BCUT2D eigenvalue weighted by Crippen LogP contribution is -2.07. The molecule has 5 nitrogen and oxygen atoms in total. The van der Waals surface area contributed by atoms with Gasteiger partial charge in [-0.2, -0.15) is 0 Å². The second kappa shape index (κ2) is 11.7. The summed E-state index contributed by atoms with van der Waals surface area (Å²) < 4.78 is 12.2. The Hall–Kier alpha value is -2.64. The molecule has 1 N–H and O–H groups in total. The van der Waals surface area contributed by atoms with Gasteiger partial charge in [-0.05, 0) is 42.3 Å². The molecule has 0 radical (unpaired) electrons. The monoisotopic (exact) mass is 500 g/mol. The van der Waals surface area contributed by atoms with E-state index in [1.54, 1.807) is 13.2 Å². The zero-order valence-electron chi connectivity index (χ0n) is 17.6. The molecule has 0 fully saturated rings. The maximum atomic E-state index is 12.3. The number of amides is 1. The van der Waals surface area contributed by atoms with E-state index in [9.17, 15) is 4.79 Å². The molecule has 0 unspecified atom stereocenters. The van der Waals surface area contributed by atoms with Crippen molar-refractivity contribution in [2.45, 2.75) is 26.2 Å². The highest BCUT2D eigenvalue weighted by molar-refractivity contribution is 9.10. The van der Waals surface area contributed by atoms with Gasteiger partial charge in [-0.1, -0.05) is 53.9 Å². The van der Waals surface area contributed by atoms with Gasteiger partial charge in [-0.15, -0.1) is 11.3 Å². The molecule has 3 rings (SSSR count). The van der Waals surface area contributed by atoms with Crippen molar-refractivity contribution in [3.8, 4) is 22.8 Å². The number of halogens is 1. The number of rotatable bonds is 10. The van der Waals surface area contributed by atoms with E-state index in [2.05, 4.69) is 33.2 Å². The van der Waals surface area contributed by atoms with E-state index in [0.717, 1.165) is 40.6 Å². The van der Waals surface area contributed by atoms with Gasteiger partial charge in [0.25, 0.3) is 0 Å². The fraction of sp³-hybridized carbons (Fsp3) is 0.250. The molecule has 1 heterocycles. The van der Waals surface area contributed by atoms with Crippen LogP contribution in [-0.2, 0) is 4.79 Å². The Morgan fingerprint density at radius 1 is 1.16 bits per heavy atom. The van der Waals surface area contributed by atoms with Gasteiger partial charge in [-0.3, -0.25) is 10.1 Å². The minimum atomic E-state index is -0.240. The number of thiazole rings is 1. The molecule has 0 spiro atoms. The predicted octanol–water partition coefficient (Wildman–Crippen LogP) is 6.80. The number of carbonyl (C=O) groups is 1. The van der Waals surface area contributed by atoms with Gasteiger partial charge in [0.1, 0.15) is 0 Å². The van der Waals surface area contributed by atoms with Crippen molar-refractivity contribution in [3.63, 3.8) is 0 Å². The Kier molecular flexibility index (Phi) is 8.67. The fourth-order valence-electron chi connectivity index (χ4n) is 2.84. The molecule has 0 saturated heterocycles. The van der Waals surface area contributed by atoms with Crippen molar-refractivity contribution in [2.75, 3.05) is 19.0 Å². The smallest absolute Gasteiger partial charge is 0.250 e. The van der Waals surface area contributed by atoms with Crippen LogP contribution in [0.1, 0.15) is 31.7 Å². The number of benzene rings is 2. The van der Waals surface area contributed by atoms with Gasteiger partial charge in [-0.25, -0.2) is 4.98 Å². The summed E-state index contributed by atoms with van der Waals surface area (Å²) in [5, 5.41) is 5.29. The molecule has 3 aromatic rings. The lowest BCUT2D eigenvalue weighted by atomic mass is 10.2. The van der Waals surface area contributed by atoms with E-state index in [-0.39, 0.29) is 5.91 Å². The lowest BCUT2D eigenvalue weighted by Gasteiger charge is -2.11. The summed E-state index contributed by atoms with van der Waals surface area (Å²) >= 11 is 4.82. The summed E-state index contributed by atoms with van der Waals surface area (Å²) in [6, 6.07) is 13.5. The Labute approximate surface area is 195 Å². The van der Waals surface area contributed by atoms with E-state index in [4.69, 9.17) is 9.47 Å². The molecular formula is C24H25BrN2O3S. The van der Waals surface area contributed by atoms with Crippen LogP contribution in [0.3, 0.4) is 0 Å². The zero-order chi connectivity index (χ0) is 22.1. The fourth-order valence-corrected chi connectivity index (χ4v) is 3.83. The highest BCUT2D eigenvalue weighted by atomic mass is 79.9. The van der Waals surface area contributed by atoms with Crippen LogP contribution >= 0.6 is 27.3 Å². The van der Waals surface area contributed by atoms with Crippen LogP contribution < -0.4 is 14.8 Å². The number of ether oxygens (including phenoxy) is 2. The average molecular weight is 501 g/mol. The minimum Gasteiger partial charge on any atom is -0.493 e. The maximum Gasteiger partial charge on any atom is 0.250 e. The van der Waals surface area contributed by atoms with E-state index in [1.807, 2.05) is 47.8 Å². The largest absolute Gasteiger partial charge is 0.493 e. The van der Waals surface area contributed by atoms with Crippen LogP contribution in [0.2, 0.25) is 0 Å². The standard InChI is InChI=1S/C24H25BrN2O3S/c1-3-4-5-14-30-21-12-6-17(15-22(21)29-2)7-13-23(28)27-24-26-20(16-31-24)18-8-10-19(25)11-9-18/h6-13,15-16H,3-5,14H2,1-2H3,(H,26,27,28). The van der Waals surface area contributed by atoms with Crippen molar-refractivity contribution >= 4 is 44.4 Å². The summed E-state index contributed by atoms with van der Waals surface area (Å²) in [5.74, 6) is 1.12. The molecule has 0 saturated carbocycles. The first kappa shape index (κ1) is 23.0. The summed E-state index contributed by atoms with van der Waals surface area (Å²) in [6.07, 6.45) is 6.53. The summed E-state index contributed by atoms with van der Waals surface area (Å²) in [4.78, 5) is 16.8. The molecule has 31 heavy (non-hydrogen) atoms. The number of methoxy groups -OCH3 is 1.